The Morgan fingerprint density at radius 1 is 0.927 bits per heavy atom. The van der Waals surface area contributed by atoms with Crippen LogP contribution in [0.5, 0.6) is 5.75 Å². The van der Waals surface area contributed by atoms with E-state index < -0.39 is 6.04 Å². The summed E-state index contributed by atoms with van der Waals surface area (Å²) < 4.78 is 11.5. The molecule has 8 nitrogen and oxygen atoms in total. The van der Waals surface area contributed by atoms with Crippen molar-refractivity contribution in [3.05, 3.63) is 65.7 Å². The second kappa shape index (κ2) is 16.8. The SMILES string of the molecule is CC(C)C[C@H](C(=O)N[C@@H](Cc1ccc(OCc2ccccc2)cc1)C(=O)NCCN1CCSCC1)N1CCOCC1. The molecule has 0 aliphatic carbocycles. The molecule has 0 saturated carbocycles. The Morgan fingerprint density at radius 3 is 2.32 bits per heavy atom. The van der Waals surface area contributed by atoms with Gasteiger partial charge in [0.1, 0.15) is 18.4 Å². The predicted octanol–water partition coefficient (Wildman–Crippen LogP) is 3.20. The van der Waals surface area contributed by atoms with Gasteiger partial charge < -0.3 is 20.1 Å². The number of benzene rings is 2. The molecule has 0 bridgehead atoms. The van der Waals surface area contributed by atoms with Crippen molar-refractivity contribution in [3.63, 3.8) is 0 Å². The second-order valence-electron chi connectivity index (χ2n) is 11.2. The van der Waals surface area contributed by atoms with E-state index in [0.29, 0.717) is 38.7 Å². The fraction of sp³-hybridized carbons (Fsp3) is 0.562. The van der Waals surface area contributed by atoms with Crippen molar-refractivity contribution in [1.29, 1.82) is 0 Å². The first-order chi connectivity index (χ1) is 20.0. The number of carbonyl (C=O) groups is 2. The van der Waals surface area contributed by atoms with Crippen molar-refractivity contribution >= 4 is 23.6 Å². The molecular weight excluding hydrogens is 536 g/mol. The van der Waals surface area contributed by atoms with Gasteiger partial charge in [-0.3, -0.25) is 19.4 Å². The summed E-state index contributed by atoms with van der Waals surface area (Å²) in [5, 5.41) is 6.24. The highest BCUT2D eigenvalue weighted by molar-refractivity contribution is 7.99. The van der Waals surface area contributed by atoms with E-state index in [0.717, 1.165) is 67.5 Å². The van der Waals surface area contributed by atoms with Crippen LogP contribution in [-0.2, 0) is 27.4 Å². The van der Waals surface area contributed by atoms with Gasteiger partial charge in [0.15, 0.2) is 0 Å². The van der Waals surface area contributed by atoms with E-state index in [4.69, 9.17) is 9.47 Å². The molecule has 0 unspecified atom stereocenters. The molecule has 2 aliphatic rings. The maximum atomic E-state index is 13.7. The lowest BCUT2D eigenvalue weighted by atomic mass is 9.99. The molecule has 0 spiro atoms. The van der Waals surface area contributed by atoms with Crippen molar-refractivity contribution < 1.29 is 19.1 Å². The average Bonchev–Trinajstić information content (AvgIpc) is 3.00. The molecule has 41 heavy (non-hydrogen) atoms. The molecule has 2 atom stereocenters. The number of carbonyl (C=O) groups excluding carboxylic acids is 2. The normalized spacial score (nSPS) is 18.0. The molecule has 2 saturated heterocycles. The van der Waals surface area contributed by atoms with Gasteiger partial charge in [-0.05, 0) is 35.6 Å². The van der Waals surface area contributed by atoms with E-state index in [1.165, 1.54) is 0 Å². The minimum Gasteiger partial charge on any atom is -0.489 e. The fourth-order valence-electron chi connectivity index (χ4n) is 5.22. The Morgan fingerprint density at radius 2 is 1.63 bits per heavy atom. The second-order valence-corrected chi connectivity index (χ2v) is 12.4. The lowest BCUT2D eigenvalue weighted by Gasteiger charge is -2.35. The number of nitrogens with one attached hydrogen (secondary N) is 2. The highest BCUT2D eigenvalue weighted by Gasteiger charge is 2.31. The van der Waals surface area contributed by atoms with Gasteiger partial charge in [-0.1, -0.05) is 56.3 Å². The van der Waals surface area contributed by atoms with Crippen LogP contribution in [0.1, 0.15) is 31.4 Å². The van der Waals surface area contributed by atoms with Crippen LogP contribution in [0.25, 0.3) is 0 Å². The van der Waals surface area contributed by atoms with Gasteiger partial charge in [0, 0.05) is 57.2 Å². The lowest BCUT2D eigenvalue weighted by molar-refractivity contribution is -0.133. The van der Waals surface area contributed by atoms with Crippen LogP contribution in [0.4, 0.5) is 0 Å². The summed E-state index contributed by atoms with van der Waals surface area (Å²) in [5.74, 6) is 3.17. The summed E-state index contributed by atoms with van der Waals surface area (Å²) in [6, 6.07) is 16.9. The van der Waals surface area contributed by atoms with Crippen LogP contribution in [0.15, 0.2) is 54.6 Å². The molecule has 0 radical (unpaired) electrons. The summed E-state index contributed by atoms with van der Waals surface area (Å²) in [5.41, 5.74) is 2.08. The molecule has 9 heteroatoms. The molecule has 2 aromatic rings. The highest BCUT2D eigenvalue weighted by atomic mass is 32.2. The number of rotatable bonds is 14. The van der Waals surface area contributed by atoms with E-state index in [2.05, 4.69) is 34.3 Å². The number of morpholine rings is 1. The molecule has 2 aromatic carbocycles. The third kappa shape index (κ3) is 10.6. The maximum Gasteiger partial charge on any atom is 0.242 e. The Hall–Kier alpha value is -2.59. The Kier molecular flexibility index (Phi) is 12.8. The molecule has 0 aromatic heterocycles. The minimum atomic E-state index is -0.661. The maximum absolute atomic E-state index is 13.7. The summed E-state index contributed by atoms with van der Waals surface area (Å²) in [6.07, 6.45) is 1.15. The molecule has 4 rings (SSSR count). The van der Waals surface area contributed by atoms with Gasteiger partial charge >= 0.3 is 0 Å². The first-order valence-corrected chi connectivity index (χ1v) is 16.1. The van der Waals surface area contributed by atoms with Gasteiger partial charge in [0.05, 0.1) is 19.3 Å². The van der Waals surface area contributed by atoms with Crippen molar-refractivity contribution in [1.82, 2.24) is 20.4 Å². The molecular formula is C32H46N4O4S. The van der Waals surface area contributed by atoms with Crippen molar-refractivity contribution in [2.45, 2.75) is 45.4 Å². The number of hydrogen-bond donors (Lipinski definition) is 2. The van der Waals surface area contributed by atoms with Crippen LogP contribution < -0.4 is 15.4 Å². The molecule has 2 heterocycles. The summed E-state index contributed by atoms with van der Waals surface area (Å²) in [7, 11) is 0. The summed E-state index contributed by atoms with van der Waals surface area (Å²) in [4.78, 5) is 31.7. The first kappa shape index (κ1) is 31.3. The lowest BCUT2D eigenvalue weighted by Crippen LogP contribution is -2.56. The fourth-order valence-corrected chi connectivity index (χ4v) is 6.20. The van der Waals surface area contributed by atoms with Gasteiger partial charge in [0.2, 0.25) is 11.8 Å². The smallest absolute Gasteiger partial charge is 0.242 e. The molecule has 224 valence electrons. The van der Waals surface area contributed by atoms with Gasteiger partial charge in [-0.2, -0.15) is 11.8 Å². The van der Waals surface area contributed by atoms with Crippen LogP contribution in [0.2, 0.25) is 0 Å². The molecule has 2 amide bonds. The predicted molar refractivity (Wildman–Crippen MR) is 165 cm³/mol. The third-order valence-electron chi connectivity index (χ3n) is 7.56. The zero-order chi connectivity index (χ0) is 28.9. The first-order valence-electron chi connectivity index (χ1n) is 14.9. The minimum absolute atomic E-state index is 0.0865. The molecule has 2 fully saturated rings. The van der Waals surface area contributed by atoms with Gasteiger partial charge in [0.25, 0.3) is 0 Å². The zero-order valence-electron chi connectivity index (χ0n) is 24.6. The average molecular weight is 583 g/mol. The van der Waals surface area contributed by atoms with E-state index in [1.807, 2.05) is 66.4 Å². The number of amides is 2. The number of nitrogens with zero attached hydrogens (tertiary/aromatic N) is 2. The topological polar surface area (TPSA) is 83.1 Å². The Balaban J connectivity index is 1.40. The van der Waals surface area contributed by atoms with Crippen LogP contribution >= 0.6 is 11.8 Å². The largest absolute Gasteiger partial charge is 0.489 e. The highest BCUT2D eigenvalue weighted by Crippen LogP contribution is 2.17. The molecule has 2 N–H and O–H groups in total. The van der Waals surface area contributed by atoms with Crippen molar-refractivity contribution in [3.8, 4) is 5.75 Å². The van der Waals surface area contributed by atoms with Crippen LogP contribution in [-0.4, -0.2) is 97.7 Å². The zero-order valence-corrected chi connectivity index (χ0v) is 25.4. The Bertz CT molecular complexity index is 1060. The quantitative estimate of drug-likeness (QED) is 0.354. The molecule has 2 aliphatic heterocycles. The monoisotopic (exact) mass is 582 g/mol. The van der Waals surface area contributed by atoms with Gasteiger partial charge in [-0.15, -0.1) is 0 Å². The summed E-state index contributed by atoms with van der Waals surface area (Å²) in [6.45, 7) is 10.9. The van der Waals surface area contributed by atoms with Gasteiger partial charge in [-0.25, -0.2) is 0 Å². The standard InChI is InChI=1S/C32H46N4O4S/c1-25(2)22-30(36-14-18-39-19-15-36)32(38)34-29(31(37)33-12-13-35-16-20-41-21-17-35)23-26-8-10-28(11-9-26)40-24-27-6-4-3-5-7-27/h3-11,25,29-30H,12-24H2,1-2H3,(H,33,37)(H,34,38)/t29-,30+/m0/s1. The van der Waals surface area contributed by atoms with E-state index in [-0.39, 0.29) is 17.9 Å². The van der Waals surface area contributed by atoms with Crippen molar-refractivity contribution in [2.24, 2.45) is 5.92 Å². The van der Waals surface area contributed by atoms with Crippen molar-refractivity contribution in [2.75, 3.05) is 64.0 Å². The van der Waals surface area contributed by atoms with E-state index in [9.17, 15) is 9.59 Å². The number of ether oxygens (including phenoxy) is 2. The Labute approximate surface area is 249 Å². The van der Waals surface area contributed by atoms with E-state index >= 15 is 0 Å². The van der Waals surface area contributed by atoms with Crippen LogP contribution in [0, 0.1) is 5.92 Å². The number of hydrogen-bond acceptors (Lipinski definition) is 7. The summed E-state index contributed by atoms with van der Waals surface area (Å²) >= 11 is 1.98. The number of thioether (sulfide) groups is 1. The third-order valence-corrected chi connectivity index (χ3v) is 8.50. The van der Waals surface area contributed by atoms with Crippen LogP contribution in [0.3, 0.4) is 0 Å². The van der Waals surface area contributed by atoms with E-state index in [1.54, 1.807) is 0 Å².